The minimum atomic E-state index is 0.527. The lowest BCUT2D eigenvalue weighted by molar-refractivity contribution is 0.389. The van der Waals surface area contributed by atoms with E-state index in [1.165, 1.54) is 45.1 Å². The quantitative estimate of drug-likeness (QED) is 0.638. The maximum absolute atomic E-state index is 3.69. The van der Waals surface area contributed by atoms with Gasteiger partial charge in [-0.1, -0.05) is 33.1 Å². The van der Waals surface area contributed by atoms with Crippen molar-refractivity contribution in [3.63, 3.8) is 0 Å². The van der Waals surface area contributed by atoms with Crippen molar-refractivity contribution in [1.82, 2.24) is 5.32 Å². The lowest BCUT2D eigenvalue weighted by atomic mass is 9.99. The van der Waals surface area contributed by atoms with Crippen molar-refractivity contribution in [2.45, 2.75) is 64.8 Å². The van der Waals surface area contributed by atoms with Crippen LogP contribution in [-0.2, 0) is 0 Å². The van der Waals surface area contributed by atoms with E-state index in [1.807, 2.05) is 0 Å². The smallest absolute Gasteiger partial charge is 0.0154 e. The average molecular weight is 183 g/mol. The summed E-state index contributed by atoms with van der Waals surface area (Å²) >= 11 is 0. The van der Waals surface area contributed by atoms with E-state index in [1.54, 1.807) is 0 Å². The first-order chi connectivity index (χ1) is 6.20. The summed E-state index contributed by atoms with van der Waals surface area (Å²) < 4.78 is 0. The second-order valence-corrected chi connectivity index (χ2v) is 4.86. The molecule has 0 heterocycles. The predicted molar refractivity (Wildman–Crippen MR) is 58.9 cm³/mol. The summed E-state index contributed by atoms with van der Waals surface area (Å²) in [6.07, 6.45) is 8.26. The molecule has 0 spiro atoms. The second-order valence-electron chi connectivity index (χ2n) is 4.86. The lowest BCUT2D eigenvalue weighted by Crippen LogP contribution is -2.32. The van der Waals surface area contributed by atoms with Crippen LogP contribution in [-0.4, -0.2) is 12.1 Å². The number of rotatable bonds is 7. The molecule has 0 aliphatic heterocycles. The number of hydrogen-bond donors (Lipinski definition) is 1. The van der Waals surface area contributed by atoms with Gasteiger partial charge in [-0.25, -0.2) is 0 Å². The molecule has 1 saturated carbocycles. The van der Waals surface area contributed by atoms with Crippen molar-refractivity contribution in [3.05, 3.63) is 0 Å². The van der Waals surface area contributed by atoms with Gasteiger partial charge in [0.1, 0.15) is 0 Å². The van der Waals surface area contributed by atoms with Gasteiger partial charge in [0.2, 0.25) is 0 Å². The summed E-state index contributed by atoms with van der Waals surface area (Å²) in [4.78, 5) is 0. The standard InChI is InChI=1S/C12H25N/c1-4-6-7-11(5-2)10-13-12(3)8-9-12/h11,13H,4-10H2,1-3H3. The van der Waals surface area contributed by atoms with E-state index in [0.29, 0.717) is 5.54 Å². The molecule has 13 heavy (non-hydrogen) atoms. The summed E-state index contributed by atoms with van der Waals surface area (Å²) in [6, 6.07) is 0. The molecule has 0 aromatic carbocycles. The Bertz CT molecular complexity index is 138. The highest BCUT2D eigenvalue weighted by atomic mass is 15.0. The van der Waals surface area contributed by atoms with E-state index in [4.69, 9.17) is 0 Å². The Balaban J connectivity index is 2.08. The molecule has 1 unspecified atom stereocenters. The molecule has 0 aromatic rings. The Morgan fingerprint density at radius 2 is 2.00 bits per heavy atom. The minimum absolute atomic E-state index is 0.527. The molecular formula is C12H25N. The molecule has 0 saturated heterocycles. The van der Waals surface area contributed by atoms with Crippen molar-refractivity contribution in [3.8, 4) is 0 Å². The molecule has 1 heteroatoms. The van der Waals surface area contributed by atoms with Crippen LogP contribution in [0.3, 0.4) is 0 Å². The van der Waals surface area contributed by atoms with E-state index in [2.05, 4.69) is 26.1 Å². The van der Waals surface area contributed by atoms with Crippen molar-refractivity contribution in [2.24, 2.45) is 5.92 Å². The Hall–Kier alpha value is -0.0400. The van der Waals surface area contributed by atoms with Gasteiger partial charge in [-0.05, 0) is 38.6 Å². The van der Waals surface area contributed by atoms with Crippen LogP contribution >= 0.6 is 0 Å². The fraction of sp³-hybridized carbons (Fsp3) is 1.00. The fourth-order valence-corrected chi connectivity index (χ4v) is 1.70. The first kappa shape index (κ1) is 11.0. The summed E-state index contributed by atoms with van der Waals surface area (Å²) in [5, 5.41) is 3.69. The molecule has 78 valence electrons. The molecular weight excluding hydrogens is 158 g/mol. The molecule has 1 nitrogen and oxygen atoms in total. The first-order valence-corrected chi connectivity index (χ1v) is 5.95. The number of nitrogens with one attached hydrogen (secondary N) is 1. The minimum Gasteiger partial charge on any atom is -0.311 e. The summed E-state index contributed by atoms with van der Waals surface area (Å²) in [6.45, 7) is 8.19. The van der Waals surface area contributed by atoms with Gasteiger partial charge in [0.05, 0.1) is 0 Å². The molecule has 1 rings (SSSR count). The van der Waals surface area contributed by atoms with Crippen LogP contribution < -0.4 is 5.32 Å². The largest absolute Gasteiger partial charge is 0.311 e. The van der Waals surface area contributed by atoms with Gasteiger partial charge >= 0.3 is 0 Å². The average Bonchev–Trinajstić information content (AvgIpc) is 2.85. The maximum atomic E-state index is 3.69. The van der Waals surface area contributed by atoms with Crippen LogP contribution in [0.25, 0.3) is 0 Å². The van der Waals surface area contributed by atoms with Crippen molar-refractivity contribution in [1.29, 1.82) is 0 Å². The summed E-state index contributed by atoms with van der Waals surface area (Å²) in [5.41, 5.74) is 0.527. The molecule has 1 N–H and O–H groups in total. The van der Waals surface area contributed by atoms with Gasteiger partial charge in [0.25, 0.3) is 0 Å². The summed E-state index contributed by atoms with van der Waals surface area (Å²) in [7, 11) is 0. The van der Waals surface area contributed by atoms with E-state index < -0.39 is 0 Å². The number of unbranched alkanes of at least 4 members (excludes halogenated alkanes) is 1. The summed E-state index contributed by atoms with van der Waals surface area (Å²) in [5.74, 6) is 0.914. The van der Waals surface area contributed by atoms with Gasteiger partial charge in [-0.2, -0.15) is 0 Å². The van der Waals surface area contributed by atoms with Crippen LogP contribution in [0, 0.1) is 5.92 Å². The first-order valence-electron chi connectivity index (χ1n) is 5.95. The third-order valence-electron chi connectivity index (χ3n) is 3.36. The van der Waals surface area contributed by atoms with Gasteiger partial charge in [0.15, 0.2) is 0 Å². The third kappa shape index (κ3) is 4.12. The maximum Gasteiger partial charge on any atom is 0.0154 e. The highest BCUT2D eigenvalue weighted by Gasteiger charge is 2.36. The highest BCUT2D eigenvalue weighted by molar-refractivity contribution is 4.97. The highest BCUT2D eigenvalue weighted by Crippen LogP contribution is 2.34. The molecule has 1 aliphatic carbocycles. The van der Waals surface area contributed by atoms with Crippen LogP contribution in [0.15, 0.2) is 0 Å². The van der Waals surface area contributed by atoms with Gasteiger partial charge < -0.3 is 5.32 Å². The monoisotopic (exact) mass is 183 g/mol. The SMILES string of the molecule is CCCCC(CC)CNC1(C)CC1. The molecule has 1 aliphatic rings. The Morgan fingerprint density at radius 1 is 1.31 bits per heavy atom. The number of hydrogen-bond acceptors (Lipinski definition) is 1. The normalized spacial score (nSPS) is 21.5. The van der Waals surface area contributed by atoms with E-state index in [0.717, 1.165) is 5.92 Å². The fourth-order valence-electron chi connectivity index (χ4n) is 1.70. The van der Waals surface area contributed by atoms with Gasteiger partial charge in [-0.3, -0.25) is 0 Å². The van der Waals surface area contributed by atoms with Gasteiger partial charge in [0, 0.05) is 5.54 Å². The molecule has 1 atom stereocenters. The second kappa shape index (κ2) is 4.99. The van der Waals surface area contributed by atoms with Crippen molar-refractivity contribution >= 4 is 0 Å². The zero-order chi connectivity index (χ0) is 9.73. The van der Waals surface area contributed by atoms with Crippen molar-refractivity contribution in [2.75, 3.05) is 6.54 Å². The van der Waals surface area contributed by atoms with Crippen LogP contribution in [0.4, 0.5) is 0 Å². The molecule has 0 bridgehead atoms. The van der Waals surface area contributed by atoms with Crippen LogP contribution in [0.1, 0.15) is 59.3 Å². The van der Waals surface area contributed by atoms with E-state index >= 15 is 0 Å². The van der Waals surface area contributed by atoms with E-state index in [-0.39, 0.29) is 0 Å². The Labute approximate surface area is 83.3 Å². The molecule has 1 fully saturated rings. The zero-order valence-electron chi connectivity index (χ0n) is 9.53. The Morgan fingerprint density at radius 3 is 2.46 bits per heavy atom. The molecule has 0 amide bonds. The molecule has 0 radical (unpaired) electrons. The predicted octanol–water partition coefficient (Wildman–Crippen LogP) is 3.34. The lowest BCUT2D eigenvalue weighted by Gasteiger charge is -2.18. The Kier molecular flexibility index (Phi) is 4.24. The van der Waals surface area contributed by atoms with E-state index in [9.17, 15) is 0 Å². The molecule has 0 aromatic heterocycles. The third-order valence-corrected chi connectivity index (χ3v) is 3.36. The topological polar surface area (TPSA) is 12.0 Å². The van der Waals surface area contributed by atoms with Crippen LogP contribution in [0.5, 0.6) is 0 Å². The van der Waals surface area contributed by atoms with Crippen LogP contribution in [0.2, 0.25) is 0 Å². The zero-order valence-corrected chi connectivity index (χ0v) is 9.53. The van der Waals surface area contributed by atoms with Crippen molar-refractivity contribution < 1.29 is 0 Å². The van der Waals surface area contributed by atoms with Gasteiger partial charge in [-0.15, -0.1) is 0 Å².